The quantitative estimate of drug-likeness (QED) is 0.296. The lowest BCUT2D eigenvalue weighted by Crippen LogP contribution is -2.28. The van der Waals surface area contributed by atoms with Gasteiger partial charge >= 0.3 is 13.5 Å². The summed E-state index contributed by atoms with van der Waals surface area (Å²) in [6.07, 6.45) is 3.06. The maximum absolute atomic E-state index is 14.5. The largest absolute Gasteiger partial charge is 0.477 e. The highest BCUT2D eigenvalue weighted by molar-refractivity contribution is 7.68. The topological polar surface area (TPSA) is 84.9 Å². The molecule has 1 fully saturated rings. The molecule has 3 aromatic rings. The van der Waals surface area contributed by atoms with Crippen LogP contribution in [0.2, 0.25) is 5.02 Å². The van der Waals surface area contributed by atoms with Crippen molar-refractivity contribution in [1.82, 2.24) is 0 Å². The Morgan fingerprint density at radius 1 is 1.06 bits per heavy atom. The number of hydrogen-bond acceptors (Lipinski definition) is 5. The summed E-state index contributed by atoms with van der Waals surface area (Å²) in [6, 6.07) is 14.6. The number of aromatic carboxylic acids is 1. The first-order valence-corrected chi connectivity index (χ1v) is 14.3. The number of carbonyl (C=O) groups is 1. The summed E-state index contributed by atoms with van der Waals surface area (Å²) >= 11 is 7.13. The van der Waals surface area contributed by atoms with Crippen LogP contribution >= 0.6 is 30.5 Å². The van der Waals surface area contributed by atoms with E-state index < -0.39 is 13.5 Å². The third-order valence-corrected chi connectivity index (χ3v) is 9.93. The average Bonchev–Trinajstić information content (AvgIpc) is 3.23. The highest BCUT2D eigenvalue weighted by Gasteiger charge is 2.35. The van der Waals surface area contributed by atoms with Crippen LogP contribution in [-0.4, -0.2) is 30.4 Å². The van der Waals surface area contributed by atoms with E-state index in [1.54, 1.807) is 25.3 Å². The maximum atomic E-state index is 14.5. The van der Waals surface area contributed by atoms with Gasteiger partial charge in [0.05, 0.1) is 23.2 Å². The average molecular weight is 534 g/mol. The van der Waals surface area contributed by atoms with Crippen LogP contribution in [0.5, 0.6) is 0 Å². The minimum absolute atomic E-state index is 0.0756. The number of hydrogen-bond donors (Lipinski definition) is 2. The summed E-state index contributed by atoms with van der Waals surface area (Å²) < 4.78 is 26.3. The number of aryl methyl sites for hydroxylation is 2. The molecule has 1 aliphatic carbocycles. The standard InChI is InChI=1S/C26H29ClNO5PS/c1-16-4-13-23(17(2)14-16)34(31,33-21-11-9-20(32-3)10-12-21)28-22-15-24(35-25(22)26(29)30)18-5-7-19(27)8-6-18/h4-8,13-15,20-21H,9-12H2,1-3H3,(H,28,31)(H,29,30). The van der Waals surface area contributed by atoms with Crippen LogP contribution in [0.3, 0.4) is 0 Å². The fraction of sp³-hybridized carbons (Fsp3) is 0.346. The molecule has 1 unspecified atom stereocenters. The zero-order valence-electron chi connectivity index (χ0n) is 19.9. The Labute approximate surface area is 214 Å². The Hall–Kier alpha value is -2.15. The van der Waals surface area contributed by atoms with Crippen molar-refractivity contribution >= 4 is 47.4 Å². The number of rotatable bonds is 8. The van der Waals surface area contributed by atoms with E-state index in [0.717, 1.165) is 58.6 Å². The van der Waals surface area contributed by atoms with Crippen molar-refractivity contribution in [2.24, 2.45) is 0 Å². The van der Waals surface area contributed by atoms with Crippen molar-refractivity contribution in [2.45, 2.75) is 51.7 Å². The fourth-order valence-corrected chi connectivity index (χ4v) is 7.78. The Kier molecular flexibility index (Phi) is 8.04. The van der Waals surface area contributed by atoms with Crippen molar-refractivity contribution in [3.63, 3.8) is 0 Å². The normalized spacial score (nSPS) is 19.8. The van der Waals surface area contributed by atoms with Gasteiger partial charge in [-0.15, -0.1) is 11.3 Å². The number of nitrogens with one attached hydrogen (secondary N) is 1. The summed E-state index contributed by atoms with van der Waals surface area (Å²) in [6.45, 7) is 3.87. The summed E-state index contributed by atoms with van der Waals surface area (Å²) in [7, 11) is -1.96. The second-order valence-electron chi connectivity index (χ2n) is 8.86. The van der Waals surface area contributed by atoms with Gasteiger partial charge in [-0.05, 0) is 74.9 Å². The fourth-order valence-electron chi connectivity index (χ4n) is 4.41. The van der Waals surface area contributed by atoms with Crippen molar-refractivity contribution in [3.05, 3.63) is 69.6 Å². The molecular formula is C26H29ClNO5PS. The summed E-state index contributed by atoms with van der Waals surface area (Å²) in [5.74, 6) is -1.09. The van der Waals surface area contributed by atoms with Gasteiger partial charge in [-0.1, -0.05) is 41.4 Å². The van der Waals surface area contributed by atoms with Crippen LogP contribution < -0.4 is 10.4 Å². The Balaban J connectivity index is 1.72. The molecule has 6 nitrogen and oxygen atoms in total. The molecule has 0 amide bonds. The van der Waals surface area contributed by atoms with Gasteiger partial charge in [0.2, 0.25) is 0 Å². The van der Waals surface area contributed by atoms with Crippen molar-refractivity contribution < 1.29 is 23.7 Å². The van der Waals surface area contributed by atoms with E-state index in [1.807, 2.05) is 44.2 Å². The van der Waals surface area contributed by atoms with Gasteiger partial charge < -0.3 is 19.5 Å². The number of thiophene rings is 1. The predicted molar refractivity (Wildman–Crippen MR) is 143 cm³/mol. The van der Waals surface area contributed by atoms with Crippen molar-refractivity contribution in [2.75, 3.05) is 12.2 Å². The van der Waals surface area contributed by atoms with E-state index in [1.165, 1.54) is 0 Å². The SMILES string of the molecule is COC1CCC(OP(=O)(Nc2cc(-c3ccc(Cl)cc3)sc2C(=O)O)c2ccc(C)cc2C)CC1. The predicted octanol–water partition coefficient (Wildman–Crippen LogP) is 7.29. The number of methoxy groups -OCH3 is 1. The molecule has 0 spiro atoms. The molecule has 0 aliphatic heterocycles. The first-order valence-electron chi connectivity index (χ1n) is 11.5. The van der Waals surface area contributed by atoms with E-state index in [0.29, 0.717) is 10.3 Å². The minimum Gasteiger partial charge on any atom is -0.477 e. The number of carboxylic acid groups (broad SMARTS) is 1. The van der Waals surface area contributed by atoms with Crippen LogP contribution in [0.1, 0.15) is 46.5 Å². The van der Waals surface area contributed by atoms with Crippen LogP contribution in [0.4, 0.5) is 5.69 Å². The van der Waals surface area contributed by atoms with Crippen LogP contribution in [0, 0.1) is 13.8 Å². The second kappa shape index (κ2) is 10.9. The molecule has 1 aliphatic rings. The summed E-state index contributed by atoms with van der Waals surface area (Å²) in [4.78, 5) is 12.9. The zero-order chi connectivity index (χ0) is 25.2. The van der Waals surface area contributed by atoms with Gasteiger partial charge in [0, 0.05) is 17.0 Å². The van der Waals surface area contributed by atoms with E-state index in [-0.39, 0.29) is 22.8 Å². The second-order valence-corrected chi connectivity index (χ2v) is 12.4. The van der Waals surface area contributed by atoms with Gasteiger partial charge in [-0.2, -0.15) is 0 Å². The number of carboxylic acids is 1. The zero-order valence-corrected chi connectivity index (χ0v) is 22.4. The summed E-state index contributed by atoms with van der Waals surface area (Å²) in [5, 5.41) is 14.1. The lowest BCUT2D eigenvalue weighted by molar-refractivity contribution is 0.0344. The number of anilines is 1. The number of benzene rings is 2. The molecule has 1 atom stereocenters. The Morgan fingerprint density at radius 2 is 1.71 bits per heavy atom. The molecule has 2 N–H and O–H groups in total. The Bertz CT molecular complexity index is 1250. The molecule has 0 bridgehead atoms. The molecule has 186 valence electrons. The van der Waals surface area contributed by atoms with E-state index in [4.69, 9.17) is 20.9 Å². The van der Waals surface area contributed by atoms with Gasteiger partial charge in [-0.25, -0.2) is 4.79 Å². The monoisotopic (exact) mass is 533 g/mol. The molecule has 9 heteroatoms. The van der Waals surface area contributed by atoms with Crippen LogP contribution in [0.25, 0.3) is 10.4 Å². The highest BCUT2D eigenvalue weighted by atomic mass is 35.5. The van der Waals surface area contributed by atoms with Crippen LogP contribution in [0.15, 0.2) is 48.5 Å². The third kappa shape index (κ3) is 5.99. The van der Waals surface area contributed by atoms with Crippen molar-refractivity contribution in [1.29, 1.82) is 0 Å². The molecule has 35 heavy (non-hydrogen) atoms. The molecular weight excluding hydrogens is 505 g/mol. The first-order chi connectivity index (χ1) is 16.7. The first kappa shape index (κ1) is 25.9. The van der Waals surface area contributed by atoms with Gasteiger partial charge in [0.25, 0.3) is 0 Å². The number of ether oxygens (including phenoxy) is 1. The Morgan fingerprint density at radius 3 is 2.31 bits per heavy atom. The number of halogens is 1. The lowest BCUT2D eigenvalue weighted by atomic mass is 9.95. The van der Waals surface area contributed by atoms with E-state index in [2.05, 4.69) is 5.09 Å². The smallest absolute Gasteiger partial charge is 0.348 e. The van der Waals surface area contributed by atoms with Gasteiger partial charge in [0.15, 0.2) is 0 Å². The summed E-state index contributed by atoms with van der Waals surface area (Å²) in [5.41, 5.74) is 2.98. The maximum Gasteiger partial charge on any atom is 0.348 e. The molecule has 0 radical (unpaired) electrons. The van der Waals surface area contributed by atoms with Crippen molar-refractivity contribution in [3.8, 4) is 10.4 Å². The highest BCUT2D eigenvalue weighted by Crippen LogP contribution is 2.51. The molecule has 4 rings (SSSR count). The molecule has 0 saturated heterocycles. The third-order valence-electron chi connectivity index (χ3n) is 6.24. The lowest BCUT2D eigenvalue weighted by Gasteiger charge is -2.31. The van der Waals surface area contributed by atoms with E-state index >= 15 is 0 Å². The molecule has 1 aromatic heterocycles. The van der Waals surface area contributed by atoms with Gasteiger partial charge in [0.1, 0.15) is 4.88 Å². The van der Waals surface area contributed by atoms with Gasteiger partial charge in [-0.3, -0.25) is 4.57 Å². The molecule has 1 saturated carbocycles. The van der Waals surface area contributed by atoms with Crippen LogP contribution in [-0.2, 0) is 13.8 Å². The minimum atomic E-state index is -3.67. The molecule has 1 heterocycles. The molecule has 2 aromatic carbocycles. The van der Waals surface area contributed by atoms with E-state index in [9.17, 15) is 14.5 Å².